The fourth-order valence-corrected chi connectivity index (χ4v) is 2.61. The molecule has 0 aromatic heterocycles. The zero-order valence-electron chi connectivity index (χ0n) is 14.7. The highest BCUT2D eigenvalue weighted by Gasteiger charge is 2.17. The number of hydrogen-bond acceptors (Lipinski definition) is 2. The predicted octanol–water partition coefficient (Wildman–Crippen LogP) is 3.46. The number of hydrogen-bond donors (Lipinski definition) is 1. The molecule has 2 aromatic carbocycles. The van der Waals surface area contributed by atoms with Crippen molar-refractivity contribution in [2.24, 2.45) is 0 Å². The van der Waals surface area contributed by atoms with E-state index in [2.05, 4.69) is 5.32 Å². The van der Waals surface area contributed by atoms with E-state index in [1.807, 2.05) is 30.3 Å². The van der Waals surface area contributed by atoms with Crippen LogP contribution >= 0.6 is 0 Å². The van der Waals surface area contributed by atoms with Gasteiger partial charge in [-0.15, -0.1) is 0 Å². The summed E-state index contributed by atoms with van der Waals surface area (Å²) < 4.78 is 26.9. The zero-order valence-corrected chi connectivity index (χ0v) is 14.7. The quantitative estimate of drug-likeness (QED) is 0.733. The fraction of sp³-hybridized carbons (Fsp3) is 0.300. The van der Waals surface area contributed by atoms with Gasteiger partial charge in [0.15, 0.2) is 0 Å². The fourth-order valence-electron chi connectivity index (χ4n) is 2.61. The maximum absolute atomic E-state index is 13.9. The van der Waals surface area contributed by atoms with E-state index < -0.39 is 17.5 Å². The number of carbonyl (C=O) groups excluding carboxylic acids is 2. The van der Waals surface area contributed by atoms with E-state index in [1.54, 1.807) is 0 Å². The van der Waals surface area contributed by atoms with Crippen molar-refractivity contribution in [3.8, 4) is 0 Å². The summed E-state index contributed by atoms with van der Waals surface area (Å²) in [6, 6.07) is 13.0. The average Bonchev–Trinajstić information content (AvgIpc) is 2.61. The summed E-state index contributed by atoms with van der Waals surface area (Å²) >= 11 is 0. The zero-order chi connectivity index (χ0) is 18.9. The lowest BCUT2D eigenvalue weighted by Gasteiger charge is -2.21. The summed E-state index contributed by atoms with van der Waals surface area (Å²) in [6.45, 7) is 1.83. The molecule has 0 saturated heterocycles. The Morgan fingerprint density at radius 3 is 2.46 bits per heavy atom. The second-order valence-electron chi connectivity index (χ2n) is 5.96. The number of benzene rings is 2. The number of nitrogens with zero attached hydrogens (tertiary/aromatic N) is 1. The van der Waals surface area contributed by atoms with Crippen LogP contribution in [0.25, 0.3) is 0 Å². The van der Waals surface area contributed by atoms with E-state index in [0.717, 1.165) is 29.9 Å². The first-order valence-corrected chi connectivity index (χ1v) is 8.51. The number of anilines is 1. The normalized spacial score (nSPS) is 10.4. The second kappa shape index (κ2) is 9.65. The molecule has 0 atom stereocenters. The summed E-state index contributed by atoms with van der Waals surface area (Å²) in [5.74, 6) is -2.17. The van der Waals surface area contributed by atoms with Gasteiger partial charge >= 0.3 is 0 Å². The summed E-state index contributed by atoms with van der Waals surface area (Å²) in [7, 11) is 0. The Balaban J connectivity index is 1.79. The number of amides is 2. The molecule has 0 spiro atoms. The molecule has 0 aliphatic heterocycles. The number of rotatable bonds is 8. The van der Waals surface area contributed by atoms with Crippen LogP contribution in [0.15, 0.2) is 48.5 Å². The molecule has 6 heteroatoms. The van der Waals surface area contributed by atoms with Crippen molar-refractivity contribution in [1.82, 2.24) is 5.32 Å². The third kappa shape index (κ3) is 5.95. The van der Waals surface area contributed by atoms with Crippen LogP contribution in [-0.2, 0) is 16.0 Å². The van der Waals surface area contributed by atoms with Gasteiger partial charge in [-0.05, 0) is 30.5 Å². The molecule has 0 fully saturated rings. The lowest BCUT2D eigenvalue weighted by atomic mass is 10.1. The molecule has 0 aliphatic rings. The number of aryl methyl sites for hydroxylation is 1. The lowest BCUT2D eigenvalue weighted by Crippen LogP contribution is -2.34. The number of carbonyl (C=O) groups is 2. The van der Waals surface area contributed by atoms with Crippen molar-refractivity contribution in [2.75, 3.05) is 18.0 Å². The summed E-state index contributed by atoms with van der Waals surface area (Å²) in [6.07, 6.45) is 1.71. The number of halogens is 2. The Bertz CT molecular complexity index is 751. The van der Waals surface area contributed by atoms with E-state index >= 15 is 0 Å². The Kier molecular flexibility index (Phi) is 7.26. The van der Waals surface area contributed by atoms with Crippen molar-refractivity contribution in [3.05, 3.63) is 65.7 Å². The van der Waals surface area contributed by atoms with Crippen molar-refractivity contribution in [3.63, 3.8) is 0 Å². The van der Waals surface area contributed by atoms with Gasteiger partial charge in [0.2, 0.25) is 11.8 Å². The van der Waals surface area contributed by atoms with Crippen LogP contribution in [0, 0.1) is 11.6 Å². The van der Waals surface area contributed by atoms with Crippen LogP contribution in [0.3, 0.4) is 0 Å². The highest BCUT2D eigenvalue weighted by Crippen LogP contribution is 2.20. The van der Waals surface area contributed by atoms with Crippen LogP contribution in [0.4, 0.5) is 14.5 Å². The Hall–Kier alpha value is -2.76. The first-order valence-electron chi connectivity index (χ1n) is 8.51. The Morgan fingerprint density at radius 2 is 1.81 bits per heavy atom. The third-order valence-electron chi connectivity index (χ3n) is 3.95. The SMILES string of the molecule is CC(=O)N(CCC(=O)NCCCc1ccccc1)c1ccc(F)cc1F. The molecule has 138 valence electrons. The molecule has 2 aromatic rings. The molecule has 26 heavy (non-hydrogen) atoms. The van der Waals surface area contributed by atoms with Crippen molar-refractivity contribution in [2.45, 2.75) is 26.2 Å². The predicted molar refractivity (Wildman–Crippen MR) is 96.8 cm³/mol. The average molecular weight is 360 g/mol. The van der Waals surface area contributed by atoms with E-state index in [1.165, 1.54) is 18.6 Å². The van der Waals surface area contributed by atoms with Crippen LogP contribution in [-0.4, -0.2) is 24.9 Å². The molecule has 0 saturated carbocycles. The molecule has 0 aliphatic carbocycles. The minimum Gasteiger partial charge on any atom is -0.356 e. The molecule has 0 unspecified atom stereocenters. The van der Waals surface area contributed by atoms with Gasteiger partial charge in [-0.2, -0.15) is 0 Å². The lowest BCUT2D eigenvalue weighted by molar-refractivity contribution is -0.121. The van der Waals surface area contributed by atoms with Gasteiger partial charge in [0.1, 0.15) is 11.6 Å². The topological polar surface area (TPSA) is 49.4 Å². The minimum atomic E-state index is -0.830. The van der Waals surface area contributed by atoms with Crippen molar-refractivity contribution >= 4 is 17.5 Å². The maximum atomic E-state index is 13.9. The summed E-state index contributed by atoms with van der Waals surface area (Å²) in [4.78, 5) is 24.8. The van der Waals surface area contributed by atoms with E-state index in [0.29, 0.717) is 6.54 Å². The Morgan fingerprint density at radius 1 is 1.08 bits per heavy atom. The van der Waals surface area contributed by atoms with Gasteiger partial charge in [0.25, 0.3) is 0 Å². The minimum absolute atomic E-state index is 0.0302. The number of nitrogens with one attached hydrogen (secondary N) is 1. The molecule has 0 bridgehead atoms. The maximum Gasteiger partial charge on any atom is 0.223 e. The van der Waals surface area contributed by atoms with Gasteiger partial charge in [0, 0.05) is 32.5 Å². The smallest absolute Gasteiger partial charge is 0.223 e. The van der Waals surface area contributed by atoms with Crippen molar-refractivity contribution < 1.29 is 18.4 Å². The van der Waals surface area contributed by atoms with E-state index in [9.17, 15) is 18.4 Å². The van der Waals surface area contributed by atoms with E-state index in [4.69, 9.17) is 0 Å². The van der Waals surface area contributed by atoms with Crippen LogP contribution in [0.1, 0.15) is 25.3 Å². The molecule has 1 N–H and O–H groups in total. The molecule has 2 rings (SSSR count). The Labute approximate surface area is 151 Å². The first-order chi connectivity index (χ1) is 12.5. The first kappa shape index (κ1) is 19.6. The van der Waals surface area contributed by atoms with Crippen molar-refractivity contribution in [1.29, 1.82) is 0 Å². The summed E-state index contributed by atoms with van der Waals surface area (Å²) in [5, 5.41) is 2.79. The highest BCUT2D eigenvalue weighted by molar-refractivity contribution is 5.92. The third-order valence-corrected chi connectivity index (χ3v) is 3.95. The van der Waals surface area contributed by atoms with Gasteiger partial charge in [-0.25, -0.2) is 8.78 Å². The highest BCUT2D eigenvalue weighted by atomic mass is 19.1. The van der Waals surface area contributed by atoms with E-state index in [-0.39, 0.29) is 24.6 Å². The van der Waals surface area contributed by atoms with Crippen LogP contribution < -0.4 is 10.2 Å². The summed E-state index contributed by atoms with van der Waals surface area (Å²) in [5.41, 5.74) is 1.17. The molecule has 0 radical (unpaired) electrons. The second-order valence-corrected chi connectivity index (χ2v) is 5.96. The molecule has 2 amide bonds. The van der Waals surface area contributed by atoms with Gasteiger partial charge in [-0.1, -0.05) is 30.3 Å². The standard InChI is InChI=1S/C20H22F2N2O2/c1-15(25)24(19-10-9-17(21)14-18(19)22)13-11-20(26)23-12-5-8-16-6-3-2-4-7-16/h2-4,6-7,9-10,14H,5,8,11-13H2,1H3,(H,23,26). The molecular formula is C20H22F2N2O2. The molecular weight excluding hydrogens is 338 g/mol. The van der Waals surface area contributed by atoms with Gasteiger partial charge < -0.3 is 10.2 Å². The van der Waals surface area contributed by atoms with Gasteiger partial charge in [0.05, 0.1) is 5.69 Å². The molecule has 4 nitrogen and oxygen atoms in total. The molecule has 0 heterocycles. The van der Waals surface area contributed by atoms with Crippen LogP contribution in [0.2, 0.25) is 0 Å². The van der Waals surface area contributed by atoms with Crippen LogP contribution in [0.5, 0.6) is 0 Å². The van der Waals surface area contributed by atoms with Gasteiger partial charge in [-0.3, -0.25) is 9.59 Å². The monoisotopic (exact) mass is 360 g/mol. The largest absolute Gasteiger partial charge is 0.356 e.